The summed E-state index contributed by atoms with van der Waals surface area (Å²) in [5, 5.41) is 8.13. The minimum Gasteiger partial charge on any atom is -0.491 e. The van der Waals surface area contributed by atoms with Crippen LogP contribution >= 0.6 is 11.5 Å². The summed E-state index contributed by atoms with van der Waals surface area (Å²) in [5.74, 6) is 0.566. The molecular weight excluding hydrogens is 262 g/mol. The Hall–Kier alpha value is -1.95. The monoisotopic (exact) mass is 277 g/mol. The van der Waals surface area contributed by atoms with Crippen LogP contribution in [-0.4, -0.2) is 28.1 Å². The molecule has 0 spiro atoms. The van der Waals surface area contributed by atoms with Gasteiger partial charge in [0.1, 0.15) is 12.4 Å². The van der Waals surface area contributed by atoms with Crippen molar-refractivity contribution in [3.8, 4) is 5.75 Å². The number of rotatable bonds is 5. The first-order valence-corrected chi connectivity index (χ1v) is 6.76. The van der Waals surface area contributed by atoms with Gasteiger partial charge in [0.25, 0.3) is 5.91 Å². The van der Waals surface area contributed by atoms with E-state index in [4.69, 9.17) is 4.74 Å². The fourth-order valence-electron chi connectivity index (χ4n) is 1.46. The molecule has 2 aromatic rings. The zero-order valence-corrected chi connectivity index (χ0v) is 11.6. The van der Waals surface area contributed by atoms with E-state index in [2.05, 4.69) is 14.9 Å². The van der Waals surface area contributed by atoms with Crippen LogP contribution in [0.2, 0.25) is 0 Å². The largest absolute Gasteiger partial charge is 0.491 e. The van der Waals surface area contributed by atoms with Crippen molar-refractivity contribution in [3.63, 3.8) is 0 Å². The van der Waals surface area contributed by atoms with Gasteiger partial charge >= 0.3 is 0 Å². The number of carbonyl (C=O) groups excluding carboxylic acids is 1. The van der Waals surface area contributed by atoms with Crippen LogP contribution in [0.5, 0.6) is 5.75 Å². The highest BCUT2D eigenvalue weighted by molar-refractivity contribution is 7.03. The molecule has 1 aromatic heterocycles. The molecule has 6 heteroatoms. The Labute approximate surface area is 115 Å². The topological polar surface area (TPSA) is 64.1 Å². The summed E-state index contributed by atoms with van der Waals surface area (Å²) >= 11 is 1.15. The molecule has 0 aliphatic heterocycles. The van der Waals surface area contributed by atoms with E-state index in [0.717, 1.165) is 17.3 Å². The number of nitrogens with zero attached hydrogens (tertiary/aromatic N) is 2. The van der Waals surface area contributed by atoms with Gasteiger partial charge in [-0.1, -0.05) is 22.2 Å². The Kier molecular flexibility index (Phi) is 4.46. The molecule has 2 rings (SSSR count). The summed E-state index contributed by atoms with van der Waals surface area (Å²) in [6, 6.07) is 7.69. The van der Waals surface area contributed by atoms with E-state index in [1.54, 1.807) is 5.38 Å². The quantitative estimate of drug-likeness (QED) is 0.908. The number of nitrogens with one attached hydrogen (secondary N) is 1. The molecule has 1 aromatic carbocycles. The van der Waals surface area contributed by atoms with Crippen LogP contribution in [-0.2, 0) is 0 Å². The lowest BCUT2D eigenvalue weighted by molar-refractivity contribution is 0.0921. The van der Waals surface area contributed by atoms with Gasteiger partial charge in [-0.15, -0.1) is 5.10 Å². The number of hydrogen-bond donors (Lipinski definition) is 1. The highest BCUT2D eigenvalue weighted by Crippen LogP contribution is 2.11. The van der Waals surface area contributed by atoms with Gasteiger partial charge in [0.15, 0.2) is 5.69 Å². The molecule has 1 N–H and O–H groups in total. The Bertz CT molecular complexity index is 525. The fourth-order valence-corrected chi connectivity index (χ4v) is 1.89. The highest BCUT2D eigenvalue weighted by atomic mass is 32.1. The van der Waals surface area contributed by atoms with Crippen molar-refractivity contribution in [2.75, 3.05) is 6.61 Å². The van der Waals surface area contributed by atoms with Gasteiger partial charge in [-0.25, -0.2) is 0 Å². The molecule has 1 heterocycles. The van der Waals surface area contributed by atoms with Crippen molar-refractivity contribution in [3.05, 3.63) is 40.9 Å². The Morgan fingerprint density at radius 2 is 2.16 bits per heavy atom. The third-order valence-corrected chi connectivity index (χ3v) is 3.00. The molecule has 100 valence electrons. The summed E-state index contributed by atoms with van der Waals surface area (Å²) in [5.41, 5.74) is 1.52. The predicted octanol–water partition coefficient (Wildman–Crippen LogP) is 2.04. The first kappa shape index (κ1) is 13.5. The molecule has 1 amide bonds. The molecule has 0 fully saturated rings. The Balaban J connectivity index is 1.80. The zero-order chi connectivity index (χ0) is 13.7. The van der Waals surface area contributed by atoms with E-state index in [-0.39, 0.29) is 11.9 Å². The predicted molar refractivity (Wildman–Crippen MR) is 73.5 cm³/mol. The number of carbonyl (C=O) groups is 1. The second-order valence-electron chi connectivity index (χ2n) is 4.29. The van der Waals surface area contributed by atoms with Crippen molar-refractivity contribution in [1.29, 1.82) is 0 Å². The van der Waals surface area contributed by atoms with Crippen molar-refractivity contribution in [2.45, 2.75) is 19.9 Å². The summed E-state index contributed by atoms with van der Waals surface area (Å²) < 4.78 is 9.24. The molecule has 0 bridgehead atoms. The first-order chi connectivity index (χ1) is 9.15. The number of benzene rings is 1. The SMILES string of the molecule is Cc1ccc(OCC(C)NC(=O)c2csnn2)cc1. The molecule has 0 aliphatic rings. The summed E-state index contributed by atoms with van der Waals surface area (Å²) in [6.45, 7) is 4.31. The third-order valence-electron chi connectivity index (χ3n) is 2.49. The summed E-state index contributed by atoms with van der Waals surface area (Å²) in [6.07, 6.45) is 0. The van der Waals surface area contributed by atoms with Crippen LogP contribution in [0.4, 0.5) is 0 Å². The highest BCUT2D eigenvalue weighted by Gasteiger charge is 2.12. The van der Waals surface area contributed by atoms with Crippen molar-refractivity contribution >= 4 is 17.4 Å². The molecule has 1 unspecified atom stereocenters. The molecule has 0 radical (unpaired) electrons. The second-order valence-corrected chi connectivity index (χ2v) is 4.90. The lowest BCUT2D eigenvalue weighted by Crippen LogP contribution is -2.36. The molecule has 0 saturated carbocycles. The van der Waals surface area contributed by atoms with Gasteiger partial charge in [0.2, 0.25) is 0 Å². The van der Waals surface area contributed by atoms with E-state index < -0.39 is 0 Å². The van der Waals surface area contributed by atoms with E-state index in [1.807, 2.05) is 38.1 Å². The average molecular weight is 277 g/mol. The van der Waals surface area contributed by atoms with Crippen molar-refractivity contribution in [1.82, 2.24) is 14.9 Å². The lowest BCUT2D eigenvalue weighted by atomic mass is 10.2. The summed E-state index contributed by atoms with van der Waals surface area (Å²) in [7, 11) is 0. The number of aryl methyl sites for hydroxylation is 1. The van der Waals surface area contributed by atoms with Gasteiger partial charge < -0.3 is 10.1 Å². The normalized spacial score (nSPS) is 11.9. The average Bonchev–Trinajstić information content (AvgIpc) is 2.92. The van der Waals surface area contributed by atoms with Crippen LogP contribution in [0.25, 0.3) is 0 Å². The standard InChI is InChI=1S/C13H15N3O2S/c1-9-3-5-11(6-4-9)18-7-10(2)14-13(17)12-8-19-16-15-12/h3-6,8,10H,7H2,1-2H3,(H,14,17). The van der Waals surface area contributed by atoms with Crippen LogP contribution < -0.4 is 10.1 Å². The molecule has 1 atom stereocenters. The van der Waals surface area contributed by atoms with Crippen LogP contribution in [0, 0.1) is 6.92 Å². The van der Waals surface area contributed by atoms with Crippen LogP contribution in [0.15, 0.2) is 29.6 Å². The number of amides is 1. The maximum atomic E-state index is 11.7. The fraction of sp³-hybridized carbons (Fsp3) is 0.308. The Morgan fingerprint density at radius 1 is 1.42 bits per heavy atom. The number of aromatic nitrogens is 2. The molecule has 19 heavy (non-hydrogen) atoms. The van der Waals surface area contributed by atoms with Crippen molar-refractivity contribution in [2.24, 2.45) is 0 Å². The second kappa shape index (κ2) is 6.29. The smallest absolute Gasteiger partial charge is 0.273 e. The molecule has 5 nitrogen and oxygen atoms in total. The minimum atomic E-state index is -0.228. The minimum absolute atomic E-state index is 0.101. The maximum absolute atomic E-state index is 11.7. The molecule has 0 saturated heterocycles. The van der Waals surface area contributed by atoms with Gasteiger partial charge in [-0.05, 0) is 37.5 Å². The van der Waals surface area contributed by atoms with E-state index in [9.17, 15) is 4.79 Å². The molecular formula is C13H15N3O2S. The third kappa shape index (κ3) is 4.03. The van der Waals surface area contributed by atoms with Crippen molar-refractivity contribution < 1.29 is 9.53 Å². The van der Waals surface area contributed by atoms with Crippen LogP contribution in [0.1, 0.15) is 23.0 Å². The van der Waals surface area contributed by atoms with E-state index >= 15 is 0 Å². The number of hydrogen-bond acceptors (Lipinski definition) is 5. The van der Waals surface area contributed by atoms with E-state index in [1.165, 1.54) is 5.56 Å². The zero-order valence-electron chi connectivity index (χ0n) is 10.8. The van der Waals surface area contributed by atoms with Gasteiger partial charge in [-0.3, -0.25) is 4.79 Å². The van der Waals surface area contributed by atoms with Gasteiger partial charge in [-0.2, -0.15) is 0 Å². The number of ether oxygens (including phenoxy) is 1. The van der Waals surface area contributed by atoms with E-state index in [0.29, 0.717) is 12.3 Å². The molecule has 0 aliphatic carbocycles. The maximum Gasteiger partial charge on any atom is 0.273 e. The lowest BCUT2D eigenvalue weighted by Gasteiger charge is -2.14. The Morgan fingerprint density at radius 3 is 2.79 bits per heavy atom. The summed E-state index contributed by atoms with van der Waals surface area (Å²) in [4.78, 5) is 11.7. The van der Waals surface area contributed by atoms with Gasteiger partial charge in [0, 0.05) is 5.38 Å². The van der Waals surface area contributed by atoms with Gasteiger partial charge in [0.05, 0.1) is 6.04 Å². The van der Waals surface area contributed by atoms with Crippen LogP contribution in [0.3, 0.4) is 0 Å². The first-order valence-electron chi connectivity index (χ1n) is 5.92.